The predicted molar refractivity (Wildman–Crippen MR) is 80.3 cm³/mol. The topological polar surface area (TPSA) is 43.8 Å². The Hall–Kier alpha value is -0.830. The second-order valence-electron chi connectivity index (χ2n) is 6.74. The largest absolute Gasteiger partial charge is 0.332 e. The van der Waals surface area contributed by atoms with Crippen molar-refractivity contribution >= 4 is 0 Å². The number of unbranched alkanes of at least 4 members (excludes halogenated alkanes) is 1. The van der Waals surface area contributed by atoms with Crippen LogP contribution in [0.25, 0.3) is 0 Å². The van der Waals surface area contributed by atoms with Gasteiger partial charge in [0.2, 0.25) is 0 Å². The molecule has 0 unspecified atom stereocenters. The van der Waals surface area contributed by atoms with Crippen LogP contribution in [-0.2, 0) is 19.4 Å². The highest BCUT2D eigenvalue weighted by Gasteiger charge is 2.18. The van der Waals surface area contributed by atoms with Gasteiger partial charge in [0.1, 0.15) is 5.82 Å². The molecule has 1 aliphatic carbocycles. The third-order valence-electron chi connectivity index (χ3n) is 4.46. The van der Waals surface area contributed by atoms with Gasteiger partial charge in [-0.1, -0.05) is 20.3 Å². The standard InChI is InChI=1S/C16H29N3/c1-13-18-14-8-4-5-9-15(14)19(13)11-7-6-10-16(2,3)12-17/h4-12,17H2,1-3H3. The summed E-state index contributed by atoms with van der Waals surface area (Å²) in [6, 6.07) is 0. The number of rotatable bonds is 6. The average Bonchev–Trinajstić information content (AvgIpc) is 2.71. The lowest BCUT2D eigenvalue weighted by atomic mass is 9.87. The Morgan fingerprint density at radius 1 is 1.21 bits per heavy atom. The number of aryl methyl sites for hydroxylation is 2. The summed E-state index contributed by atoms with van der Waals surface area (Å²) in [5, 5.41) is 0. The van der Waals surface area contributed by atoms with Crippen molar-refractivity contribution in [3.05, 3.63) is 17.2 Å². The minimum absolute atomic E-state index is 0.295. The molecule has 0 radical (unpaired) electrons. The van der Waals surface area contributed by atoms with E-state index in [2.05, 4.69) is 25.3 Å². The van der Waals surface area contributed by atoms with Crippen LogP contribution < -0.4 is 5.73 Å². The van der Waals surface area contributed by atoms with E-state index in [1.54, 1.807) is 0 Å². The van der Waals surface area contributed by atoms with Crippen molar-refractivity contribution in [1.29, 1.82) is 0 Å². The zero-order valence-corrected chi connectivity index (χ0v) is 12.8. The van der Waals surface area contributed by atoms with Crippen LogP contribution in [0, 0.1) is 12.3 Å². The molecule has 1 aromatic heterocycles. The van der Waals surface area contributed by atoms with Gasteiger partial charge in [-0.15, -0.1) is 0 Å². The molecule has 108 valence electrons. The molecule has 0 saturated heterocycles. The minimum Gasteiger partial charge on any atom is -0.332 e. The Labute approximate surface area is 117 Å². The molecule has 3 heteroatoms. The molecule has 0 amide bonds. The van der Waals surface area contributed by atoms with E-state index in [-0.39, 0.29) is 0 Å². The highest BCUT2D eigenvalue weighted by molar-refractivity contribution is 5.19. The van der Waals surface area contributed by atoms with E-state index in [1.807, 2.05) is 0 Å². The molecule has 0 aromatic carbocycles. The first-order chi connectivity index (χ1) is 9.03. The summed E-state index contributed by atoms with van der Waals surface area (Å²) in [6.07, 6.45) is 8.78. The van der Waals surface area contributed by atoms with Crippen molar-refractivity contribution in [1.82, 2.24) is 9.55 Å². The summed E-state index contributed by atoms with van der Waals surface area (Å²) in [7, 11) is 0. The summed E-state index contributed by atoms with van der Waals surface area (Å²) in [6.45, 7) is 8.60. The third kappa shape index (κ3) is 3.59. The molecule has 0 fully saturated rings. The van der Waals surface area contributed by atoms with Crippen molar-refractivity contribution in [3.63, 3.8) is 0 Å². The van der Waals surface area contributed by atoms with Crippen LogP contribution in [0.3, 0.4) is 0 Å². The molecular weight excluding hydrogens is 234 g/mol. The van der Waals surface area contributed by atoms with E-state index in [0.717, 1.165) is 13.1 Å². The van der Waals surface area contributed by atoms with E-state index in [9.17, 15) is 0 Å². The van der Waals surface area contributed by atoms with E-state index < -0.39 is 0 Å². The fraction of sp³-hybridized carbons (Fsp3) is 0.812. The number of hydrogen-bond acceptors (Lipinski definition) is 2. The lowest BCUT2D eigenvalue weighted by molar-refractivity contribution is 0.328. The Morgan fingerprint density at radius 3 is 2.68 bits per heavy atom. The molecule has 3 nitrogen and oxygen atoms in total. The Kier molecular flexibility index (Phi) is 4.67. The fourth-order valence-corrected chi connectivity index (χ4v) is 3.01. The summed E-state index contributed by atoms with van der Waals surface area (Å²) >= 11 is 0. The number of fused-ring (bicyclic) bond motifs is 1. The first-order valence-electron chi connectivity index (χ1n) is 7.78. The van der Waals surface area contributed by atoms with Crippen molar-refractivity contribution in [2.24, 2.45) is 11.1 Å². The van der Waals surface area contributed by atoms with Crippen molar-refractivity contribution < 1.29 is 0 Å². The number of nitrogens with two attached hydrogens (primary N) is 1. The zero-order valence-electron chi connectivity index (χ0n) is 12.8. The minimum atomic E-state index is 0.295. The SMILES string of the molecule is Cc1nc2c(n1CCCCC(C)(C)CN)CCCC2. The number of imidazole rings is 1. The normalized spacial score (nSPS) is 15.6. The van der Waals surface area contributed by atoms with Crippen LogP contribution in [0.1, 0.15) is 63.2 Å². The maximum atomic E-state index is 5.78. The molecule has 1 heterocycles. The van der Waals surface area contributed by atoms with Gasteiger partial charge in [0, 0.05) is 12.2 Å². The van der Waals surface area contributed by atoms with E-state index in [0.29, 0.717) is 5.41 Å². The summed E-state index contributed by atoms with van der Waals surface area (Å²) in [5.74, 6) is 1.21. The fourth-order valence-electron chi connectivity index (χ4n) is 3.01. The van der Waals surface area contributed by atoms with Gasteiger partial charge in [0.15, 0.2) is 0 Å². The second-order valence-corrected chi connectivity index (χ2v) is 6.74. The highest BCUT2D eigenvalue weighted by atomic mass is 15.1. The number of nitrogens with zero attached hydrogens (tertiary/aromatic N) is 2. The Balaban J connectivity index is 1.88. The maximum absolute atomic E-state index is 5.78. The molecule has 0 saturated carbocycles. The van der Waals surface area contributed by atoms with Crippen LogP contribution in [-0.4, -0.2) is 16.1 Å². The summed E-state index contributed by atoms with van der Waals surface area (Å²) in [5.41, 5.74) is 8.96. The monoisotopic (exact) mass is 263 g/mol. The number of aromatic nitrogens is 2. The van der Waals surface area contributed by atoms with Gasteiger partial charge in [0.05, 0.1) is 5.69 Å². The molecule has 0 spiro atoms. The van der Waals surface area contributed by atoms with Gasteiger partial charge in [0.25, 0.3) is 0 Å². The molecule has 0 atom stereocenters. The van der Waals surface area contributed by atoms with Gasteiger partial charge < -0.3 is 10.3 Å². The van der Waals surface area contributed by atoms with Crippen LogP contribution in [0.15, 0.2) is 0 Å². The zero-order chi connectivity index (χ0) is 13.9. The quantitative estimate of drug-likeness (QED) is 0.801. The molecule has 0 bridgehead atoms. The molecule has 19 heavy (non-hydrogen) atoms. The van der Waals surface area contributed by atoms with Gasteiger partial charge in [-0.3, -0.25) is 0 Å². The smallest absolute Gasteiger partial charge is 0.106 e. The van der Waals surface area contributed by atoms with E-state index in [1.165, 1.54) is 62.2 Å². The molecular formula is C16H29N3. The summed E-state index contributed by atoms with van der Waals surface area (Å²) in [4.78, 5) is 4.74. The molecule has 1 aromatic rings. The maximum Gasteiger partial charge on any atom is 0.106 e. The summed E-state index contributed by atoms with van der Waals surface area (Å²) < 4.78 is 2.46. The average molecular weight is 263 g/mol. The van der Waals surface area contributed by atoms with Gasteiger partial charge in [-0.05, 0) is 57.4 Å². The number of hydrogen-bond donors (Lipinski definition) is 1. The van der Waals surface area contributed by atoms with Crippen LogP contribution in [0.4, 0.5) is 0 Å². The molecule has 0 aliphatic heterocycles. The third-order valence-corrected chi connectivity index (χ3v) is 4.46. The molecule has 1 aliphatic rings. The van der Waals surface area contributed by atoms with Gasteiger partial charge >= 0.3 is 0 Å². The van der Waals surface area contributed by atoms with Gasteiger partial charge in [-0.2, -0.15) is 0 Å². The molecule has 2 rings (SSSR count). The van der Waals surface area contributed by atoms with Crippen molar-refractivity contribution in [3.8, 4) is 0 Å². The van der Waals surface area contributed by atoms with Gasteiger partial charge in [-0.25, -0.2) is 4.98 Å². The van der Waals surface area contributed by atoms with E-state index in [4.69, 9.17) is 10.7 Å². The lowest BCUT2D eigenvalue weighted by Gasteiger charge is -2.22. The first-order valence-corrected chi connectivity index (χ1v) is 7.78. The Morgan fingerprint density at radius 2 is 1.95 bits per heavy atom. The highest BCUT2D eigenvalue weighted by Crippen LogP contribution is 2.24. The lowest BCUT2D eigenvalue weighted by Crippen LogP contribution is -2.23. The van der Waals surface area contributed by atoms with E-state index >= 15 is 0 Å². The van der Waals surface area contributed by atoms with Crippen LogP contribution in [0.2, 0.25) is 0 Å². The van der Waals surface area contributed by atoms with Crippen LogP contribution in [0.5, 0.6) is 0 Å². The van der Waals surface area contributed by atoms with Crippen LogP contribution >= 0.6 is 0 Å². The molecule has 2 N–H and O–H groups in total. The van der Waals surface area contributed by atoms with Crippen molar-refractivity contribution in [2.75, 3.05) is 6.54 Å². The first kappa shape index (κ1) is 14.6. The predicted octanol–water partition coefficient (Wildman–Crippen LogP) is 3.23. The Bertz CT molecular complexity index is 418. The van der Waals surface area contributed by atoms with Crippen molar-refractivity contribution in [2.45, 2.75) is 72.3 Å². The second kappa shape index (κ2) is 6.08.